The van der Waals surface area contributed by atoms with Crippen molar-refractivity contribution in [3.05, 3.63) is 72.2 Å². The molecule has 3 N–H and O–H groups in total. The third-order valence-electron chi connectivity index (χ3n) is 7.13. The molecule has 0 atom stereocenters. The van der Waals surface area contributed by atoms with Gasteiger partial charge in [-0.05, 0) is 50.1 Å². The normalized spacial score (nSPS) is 15.7. The number of hydrogen-bond donors (Lipinski definition) is 2. The average Bonchev–Trinajstić information content (AvgIpc) is 3.77. The van der Waals surface area contributed by atoms with E-state index in [2.05, 4.69) is 10.3 Å². The minimum Gasteiger partial charge on any atom is -0.454 e. The fraction of sp³-hybridized carbons (Fsp3) is 0.286. The number of nitrogens with one attached hydrogen (secondary N) is 1. The van der Waals surface area contributed by atoms with Gasteiger partial charge in [-0.25, -0.2) is 22.9 Å². The highest BCUT2D eigenvalue weighted by Gasteiger charge is 2.57. The van der Waals surface area contributed by atoms with Gasteiger partial charge in [-0.1, -0.05) is 0 Å². The molecule has 0 bridgehead atoms. The molecule has 2 heterocycles. The van der Waals surface area contributed by atoms with E-state index in [0.717, 1.165) is 17.0 Å². The second kappa shape index (κ2) is 11.8. The van der Waals surface area contributed by atoms with Gasteiger partial charge in [0.2, 0.25) is 11.8 Å². The zero-order valence-corrected chi connectivity index (χ0v) is 23.9. The number of pyridine rings is 1. The van der Waals surface area contributed by atoms with E-state index in [0.29, 0.717) is 12.1 Å². The highest BCUT2D eigenvalue weighted by Crippen LogP contribution is 2.49. The van der Waals surface area contributed by atoms with Gasteiger partial charge in [0, 0.05) is 30.1 Å². The Morgan fingerprint density at radius 3 is 2.36 bits per heavy atom. The summed E-state index contributed by atoms with van der Waals surface area (Å²) >= 11 is 0. The Kier molecular flexibility index (Phi) is 8.22. The van der Waals surface area contributed by atoms with Crippen molar-refractivity contribution < 1.29 is 44.9 Å². The van der Waals surface area contributed by atoms with Gasteiger partial charge < -0.3 is 15.4 Å². The van der Waals surface area contributed by atoms with Gasteiger partial charge in [-0.3, -0.25) is 24.0 Å². The largest absolute Gasteiger partial charge is 0.454 e. The molecule has 44 heavy (non-hydrogen) atoms. The van der Waals surface area contributed by atoms with Crippen LogP contribution in [0.25, 0.3) is 0 Å². The molecular weight excluding hydrogens is 607 g/mol. The number of aromatic nitrogens is 1. The summed E-state index contributed by atoms with van der Waals surface area (Å²) in [5.41, 5.74) is 3.27. The molecule has 5 rings (SSSR count). The fourth-order valence-corrected chi connectivity index (χ4v) is 5.10. The van der Waals surface area contributed by atoms with Crippen LogP contribution in [0.2, 0.25) is 0 Å². The third kappa shape index (κ3) is 6.30. The molecule has 0 spiro atoms. The first kappa shape index (κ1) is 30.7. The third-order valence-corrected chi connectivity index (χ3v) is 8.40. The summed E-state index contributed by atoms with van der Waals surface area (Å²) in [6.07, 6.45) is 0.835. The SMILES string of the molecule is CCS(=O)(=O)OC1CN(C(=O)Nc2cc(Oc3cc(F)c(N(C(=O)C4(C(N)=O)CC4)c4ccc(F)cc4)cc3F)ccn2)C1. The number of nitrogens with zero attached hydrogens (tertiary/aromatic N) is 3. The number of primary amides is 1. The van der Waals surface area contributed by atoms with Gasteiger partial charge >= 0.3 is 6.03 Å². The van der Waals surface area contributed by atoms with E-state index in [1.54, 1.807) is 0 Å². The lowest BCUT2D eigenvalue weighted by Crippen LogP contribution is -2.56. The lowest BCUT2D eigenvalue weighted by atomic mass is 10.0. The molecule has 1 aromatic heterocycles. The summed E-state index contributed by atoms with van der Waals surface area (Å²) in [6.45, 7) is 1.51. The lowest BCUT2D eigenvalue weighted by molar-refractivity contribution is -0.133. The molecule has 3 aromatic rings. The Morgan fingerprint density at radius 2 is 1.75 bits per heavy atom. The highest BCUT2D eigenvalue weighted by molar-refractivity contribution is 7.86. The van der Waals surface area contributed by atoms with Crippen molar-refractivity contribution in [3.8, 4) is 11.5 Å². The average molecular weight is 634 g/mol. The smallest absolute Gasteiger partial charge is 0.323 e. The molecule has 16 heteroatoms. The molecule has 0 radical (unpaired) electrons. The first-order chi connectivity index (χ1) is 20.8. The Hall–Kier alpha value is -4.70. The summed E-state index contributed by atoms with van der Waals surface area (Å²) in [4.78, 5) is 44.0. The second-order valence-corrected chi connectivity index (χ2v) is 12.1. The van der Waals surface area contributed by atoms with Gasteiger partial charge in [-0.2, -0.15) is 8.42 Å². The summed E-state index contributed by atoms with van der Waals surface area (Å²) in [7, 11) is -3.66. The van der Waals surface area contributed by atoms with Gasteiger partial charge in [0.15, 0.2) is 17.4 Å². The number of urea groups is 1. The Bertz CT molecular complexity index is 1730. The van der Waals surface area contributed by atoms with Crippen molar-refractivity contribution in [1.82, 2.24) is 9.88 Å². The van der Waals surface area contributed by atoms with E-state index in [1.165, 1.54) is 42.3 Å². The first-order valence-electron chi connectivity index (χ1n) is 13.3. The van der Waals surface area contributed by atoms with Crippen LogP contribution in [0.5, 0.6) is 11.5 Å². The molecule has 2 aromatic carbocycles. The number of likely N-dealkylation sites (tertiary alicyclic amines) is 1. The number of anilines is 3. The molecular formula is C28H26F3N5O7S. The van der Waals surface area contributed by atoms with E-state index in [-0.39, 0.29) is 48.9 Å². The molecule has 4 amide bonds. The molecule has 1 aliphatic heterocycles. The maximum Gasteiger partial charge on any atom is 0.323 e. The fourth-order valence-electron chi connectivity index (χ4n) is 4.43. The summed E-state index contributed by atoms with van der Waals surface area (Å²) < 4.78 is 78.0. The van der Waals surface area contributed by atoms with E-state index >= 15 is 8.78 Å². The van der Waals surface area contributed by atoms with Crippen molar-refractivity contribution in [1.29, 1.82) is 0 Å². The van der Waals surface area contributed by atoms with Crippen molar-refractivity contribution >= 4 is 45.2 Å². The lowest BCUT2D eigenvalue weighted by Gasteiger charge is -2.37. The Balaban J connectivity index is 1.32. The van der Waals surface area contributed by atoms with Crippen LogP contribution in [0.1, 0.15) is 19.8 Å². The number of rotatable bonds is 10. The molecule has 232 valence electrons. The van der Waals surface area contributed by atoms with Crippen LogP contribution in [-0.2, 0) is 23.9 Å². The number of ether oxygens (including phenoxy) is 1. The second-order valence-electron chi connectivity index (χ2n) is 10.2. The zero-order chi connectivity index (χ0) is 31.8. The van der Waals surface area contributed by atoms with Gasteiger partial charge in [0.05, 0.1) is 24.5 Å². The van der Waals surface area contributed by atoms with Crippen LogP contribution in [0, 0.1) is 22.9 Å². The van der Waals surface area contributed by atoms with E-state index in [9.17, 15) is 27.2 Å². The van der Waals surface area contributed by atoms with Crippen LogP contribution in [0.15, 0.2) is 54.7 Å². The zero-order valence-electron chi connectivity index (χ0n) is 23.1. The number of carbonyl (C=O) groups is 3. The highest BCUT2D eigenvalue weighted by atomic mass is 32.2. The number of halogens is 3. The van der Waals surface area contributed by atoms with Crippen LogP contribution >= 0.6 is 0 Å². The Morgan fingerprint density at radius 1 is 1.07 bits per heavy atom. The van der Waals surface area contributed by atoms with Gasteiger partial charge in [-0.15, -0.1) is 0 Å². The molecule has 2 fully saturated rings. The quantitative estimate of drug-likeness (QED) is 0.252. The van der Waals surface area contributed by atoms with Crippen molar-refractivity contribution in [3.63, 3.8) is 0 Å². The minimum absolute atomic E-state index is 0.00446. The molecule has 1 aliphatic carbocycles. The summed E-state index contributed by atoms with van der Waals surface area (Å²) in [5.74, 6) is -5.40. The predicted molar refractivity (Wildman–Crippen MR) is 150 cm³/mol. The van der Waals surface area contributed by atoms with Crippen molar-refractivity contribution in [2.24, 2.45) is 11.1 Å². The van der Waals surface area contributed by atoms with Gasteiger partial charge in [0.25, 0.3) is 10.1 Å². The minimum atomic E-state index is -3.66. The van der Waals surface area contributed by atoms with E-state index in [4.69, 9.17) is 14.7 Å². The first-order valence-corrected chi connectivity index (χ1v) is 14.9. The maximum absolute atomic E-state index is 15.5. The van der Waals surface area contributed by atoms with Crippen LogP contribution < -0.4 is 20.7 Å². The summed E-state index contributed by atoms with van der Waals surface area (Å²) in [5, 5.41) is 2.50. The van der Waals surface area contributed by atoms with Crippen molar-refractivity contribution in [2.45, 2.75) is 25.9 Å². The number of hydrogen-bond acceptors (Lipinski definition) is 8. The number of amides is 4. The van der Waals surface area contributed by atoms with E-state index in [1.807, 2.05) is 0 Å². The molecule has 1 saturated heterocycles. The van der Waals surface area contributed by atoms with Crippen molar-refractivity contribution in [2.75, 3.05) is 29.1 Å². The predicted octanol–water partition coefficient (Wildman–Crippen LogP) is 3.80. The Labute approximate surface area is 249 Å². The van der Waals surface area contributed by atoms with Crippen LogP contribution in [0.3, 0.4) is 0 Å². The number of nitrogens with two attached hydrogens (primary N) is 1. The molecule has 0 unspecified atom stereocenters. The van der Waals surface area contributed by atoms with Crippen LogP contribution in [-0.4, -0.2) is 61.1 Å². The standard InChI is InChI=1S/C28H26F3N5O7S/c1-2-44(40,41)43-19-14-35(15-19)27(39)34-24-11-18(7-10-33-24)42-23-13-20(30)22(12-21(23)31)36(17-5-3-16(29)4-6-17)26(38)28(8-9-28)25(32)37/h3-7,10-13,19H,2,8-9,14-15H2,1H3,(H2,32,37)(H,33,34,39). The molecule has 12 nitrogen and oxygen atoms in total. The monoisotopic (exact) mass is 633 g/mol. The molecule has 2 aliphatic rings. The van der Waals surface area contributed by atoms with E-state index < -0.39 is 68.4 Å². The number of benzene rings is 2. The van der Waals surface area contributed by atoms with Gasteiger partial charge in [0.1, 0.15) is 28.9 Å². The maximum atomic E-state index is 15.5. The summed E-state index contributed by atoms with van der Waals surface area (Å²) in [6, 6.07) is 7.78. The topological polar surface area (TPSA) is 161 Å². The number of carbonyl (C=O) groups excluding carboxylic acids is 3. The molecule has 1 saturated carbocycles. The van der Waals surface area contributed by atoms with Crippen LogP contribution in [0.4, 0.5) is 35.2 Å².